The van der Waals surface area contributed by atoms with Gasteiger partial charge in [0.1, 0.15) is 5.75 Å². The van der Waals surface area contributed by atoms with E-state index in [2.05, 4.69) is 15.5 Å². The molecule has 1 aromatic heterocycles. The van der Waals surface area contributed by atoms with E-state index in [0.717, 1.165) is 11.3 Å². The van der Waals surface area contributed by atoms with Crippen molar-refractivity contribution in [3.05, 3.63) is 70.0 Å². The lowest BCUT2D eigenvalue weighted by Crippen LogP contribution is -2.32. The van der Waals surface area contributed by atoms with Crippen LogP contribution in [0.1, 0.15) is 24.4 Å². The molecule has 3 aromatic rings. The van der Waals surface area contributed by atoms with Crippen LogP contribution in [-0.4, -0.2) is 37.5 Å². The van der Waals surface area contributed by atoms with Gasteiger partial charge in [0.05, 0.1) is 18.1 Å². The summed E-state index contributed by atoms with van der Waals surface area (Å²) in [5, 5.41) is 22.8. The van der Waals surface area contributed by atoms with Crippen LogP contribution in [0.2, 0.25) is 0 Å². The quantitative estimate of drug-likeness (QED) is 0.202. The summed E-state index contributed by atoms with van der Waals surface area (Å²) in [6.45, 7) is 1.72. The highest BCUT2D eigenvalue weighted by atomic mass is 35.5. The van der Waals surface area contributed by atoms with E-state index in [1.165, 1.54) is 23.9 Å². The Labute approximate surface area is 198 Å². The minimum absolute atomic E-state index is 0.0394. The Morgan fingerprint density at radius 3 is 2.59 bits per heavy atom. The number of benzene rings is 2. The molecule has 0 saturated heterocycles. The number of hydrogen-bond donors (Lipinski definition) is 1. The van der Waals surface area contributed by atoms with Gasteiger partial charge in [-0.05, 0) is 36.8 Å². The van der Waals surface area contributed by atoms with Gasteiger partial charge in [-0.15, -0.1) is 10.2 Å². The Morgan fingerprint density at radius 1 is 1.25 bits per heavy atom. The molecule has 1 atom stereocenters. The third-order valence-electron chi connectivity index (χ3n) is 4.42. The van der Waals surface area contributed by atoms with Gasteiger partial charge in [-0.25, -0.2) is 0 Å². The molecule has 0 saturated carbocycles. The van der Waals surface area contributed by atoms with Crippen molar-refractivity contribution in [3.8, 4) is 11.4 Å². The van der Waals surface area contributed by atoms with Crippen LogP contribution >= 0.6 is 35.0 Å². The maximum absolute atomic E-state index is 11.9. The van der Waals surface area contributed by atoms with Crippen molar-refractivity contribution in [3.63, 3.8) is 0 Å². The molecule has 1 N–H and O–H groups in total. The van der Waals surface area contributed by atoms with E-state index in [-0.39, 0.29) is 5.69 Å². The monoisotopic (exact) mass is 495 g/mol. The molecule has 9 nitrogen and oxygen atoms in total. The SMILES string of the molecule is COc1cccc(CSc2nnc(C(C)NC(=O)C(Cl)Cl)n2-c2ccc([N+](=O)[O-])cc2)c1. The van der Waals surface area contributed by atoms with Crippen LogP contribution in [-0.2, 0) is 10.5 Å². The number of rotatable bonds is 9. The minimum atomic E-state index is -1.23. The number of alkyl halides is 2. The second-order valence-corrected chi connectivity index (χ2v) is 8.66. The molecule has 168 valence electrons. The van der Waals surface area contributed by atoms with E-state index >= 15 is 0 Å². The Kier molecular flexibility index (Phi) is 7.94. The zero-order chi connectivity index (χ0) is 23.3. The number of nitro benzene ring substituents is 1. The molecule has 0 radical (unpaired) electrons. The van der Waals surface area contributed by atoms with Crippen LogP contribution in [0.3, 0.4) is 0 Å². The molecular formula is C20H19Cl2N5O4S. The first-order chi connectivity index (χ1) is 15.3. The fraction of sp³-hybridized carbons (Fsp3) is 0.250. The Hall–Kier alpha value is -2.82. The molecule has 32 heavy (non-hydrogen) atoms. The molecule has 0 aliphatic rings. The van der Waals surface area contributed by atoms with Gasteiger partial charge >= 0.3 is 0 Å². The smallest absolute Gasteiger partial charge is 0.269 e. The number of halogens is 2. The number of nitrogens with one attached hydrogen (secondary N) is 1. The molecular weight excluding hydrogens is 477 g/mol. The van der Waals surface area contributed by atoms with Gasteiger partial charge in [-0.1, -0.05) is 47.1 Å². The lowest BCUT2D eigenvalue weighted by atomic mass is 10.2. The van der Waals surface area contributed by atoms with Gasteiger partial charge in [-0.2, -0.15) is 0 Å². The normalized spacial score (nSPS) is 11.9. The highest BCUT2D eigenvalue weighted by Gasteiger charge is 2.23. The zero-order valence-electron chi connectivity index (χ0n) is 17.1. The van der Waals surface area contributed by atoms with Crippen molar-refractivity contribution < 1.29 is 14.5 Å². The second-order valence-electron chi connectivity index (χ2n) is 6.62. The number of carbonyl (C=O) groups is 1. The van der Waals surface area contributed by atoms with Crippen LogP contribution in [0.4, 0.5) is 5.69 Å². The van der Waals surface area contributed by atoms with Crippen molar-refractivity contribution in [2.24, 2.45) is 0 Å². The van der Waals surface area contributed by atoms with E-state index in [0.29, 0.717) is 22.4 Å². The molecule has 3 rings (SSSR count). The summed E-state index contributed by atoms with van der Waals surface area (Å²) in [6.07, 6.45) is 0. The molecule has 1 unspecified atom stereocenters. The van der Waals surface area contributed by atoms with Crippen molar-refractivity contribution in [1.29, 1.82) is 0 Å². The fourth-order valence-corrected chi connectivity index (χ4v) is 3.90. The predicted octanol–water partition coefficient (Wildman–Crippen LogP) is 4.46. The summed E-state index contributed by atoms with van der Waals surface area (Å²) in [7, 11) is 1.60. The summed E-state index contributed by atoms with van der Waals surface area (Å²) in [5.41, 5.74) is 1.59. The molecule has 0 aliphatic carbocycles. The van der Waals surface area contributed by atoms with Crippen LogP contribution in [0.5, 0.6) is 5.75 Å². The van der Waals surface area contributed by atoms with Crippen molar-refractivity contribution in [1.82, 2.24) is 20.1 Å². The average Bonchev–Trinajstić information content (AvgIpc) is 3.21. The third-order valence-corrected chi connectivity index (χ3v) is 5.82. The van der Waals surface area contributed by atoms with Gasteiger partial charge in [-0.3, -0.25) is 19.5 Å². The van der Waals surface area contributed by atoms with Crippen LogP contribution in [0.25, 0.3) is 5.69 Å². The van der Waals surface area contributed by atoms with Gasteiger partial charge in [0.25, 0.3) is 11.6 Å². The summed E-state index contributed by atoms with van der Waals surface area (Å²) in [4.78, 5) is 21.3. The standard InChI is InChI=1S/C20H19Cl2N5O4S/c1-12(23-19(28)17(21)22)18-24-25-20(32-11-13-4-3-5-16(10-13)31-2)26(18)14-6-8-15(9-7-14)27(29)30/h3-10,12,17H,11H2,1-2H3,(H,23,28). The number of non-ortho nitro benzene ring substituents is 1. The summed E-state index contributed by atoms with van der Waals surface area (Å²) >= 11 is 12.7. The molecule has 1 amide bonds. The lowest BCUT2D eigenvalue weighted by molar-refractivity contribution is -0.384. The van der Waals surface area contributed by atoms with E-state index < -0.39 is 21.7 Å². The van der Waals surface area contributed by atoms with Crippen molar-refractivity contribution in [2.75, 3.05) is 7.11 Å². The number of ether oxygens (including phenoxy) is 1. The first-order valence-electron chi connectivity index (χ1n) is 9.34. The zero-order valence-corrected chi connectivity index (χ0v) is 19.4. The van der Waals surface area contributed by atoms with E-state index in [9.17, 15) is 14.9 Å². The predicted molar refractivity (Wildman–Crippen MR) is 123 cm³/mol. The number of nitro groups is 1. The minimum Gasteiger partial charge on any atom is -0.497 e. The van der Waals surface area contributed by atoms with Crippen LogP contribution < -0.4 is 10.1 Å². The van der Waals surface area contributed by atoms with Crippen LogP contribution in [0, 0.1) is 10.1 Å². The first-order valence-corrected chi connectivity index (χ1v) is 11.2. The number of thioether (sulfide) groups is 1. The van der Waals surface area contributed by atoms with Gasteiger partial charge in [0, 0.05) is 23.6 Å². The Balaban J connectivity index is 1.94. The molecule has 2 aromatic carbocycles. The van der Waals surface area contributed by atoms with Gasteiger partial charge in [0.15, 0.2) is 15.8 Å². The number of hydrogen-bond acceptors (Lipinski definition) is 7. The maximum atomic E-state index is 11.9. The van der Waals surface area contributed by atoms with Gasteiger partial charge in [0.2, 0.25) is 0 Å². The van der Waals surface area contributed by atoms with Crippen LogP contribution in [0.15, 0.2) is 53.7 Å². The molecule has 0 fully saturated rings. The lowest BCUT2D eigenvalue weighted by Gasteiger charge is -2.16. The molecule has 1 heterocycles. The number of carbonyl (C=O) groups excluding carboxylic acids is 1. The van der Waals surface area contributed by atoms with E-state index in [1.807, 2.05) is 24.3 Å². The summed E-state index contributed by atoms with van der Waals surface area (Å²) < 4.78 is 7.00. The number of nitrogens with zero attached hydrogens (tertiary/aromatic N) is 4. The Morgan fingerprint density at radius 2 is 1.97 bits per heavy atom. The number of amides is 1. The Bertz CT molecular complexity index is 1110. The molecule has 12 heteroatoms. The van der Waals surface area contributed by atoms with Crippen molar-refractivity contribution >= 4 is 46.6 Å². The highest BCUT2D eigenvalue weighted by molar-refractivity contribution is 7.98. The first kappa shape index (κ1) is 23.8. The molecule has 0 bridgehead atoms. The van der Waals surface area contributed by atoms with E-state index in [4.69, 9.17) is 27.9 Å². The third kappa shape index (κ3) is 5.70. The molecule has 0 spiro atoms. The number of aromatic nitrogens is 3. The number of methoxy groups -OCH3 is 1. The second kappa shape index (κ2) is 10.7. The maximum Gasteiger partial charge on any atom is 0.269 e. The fourth-order valence-electron chi connectivity index (χ4n) is 2.87. The topological polar surface area (TPSA) is 112 Å². The van der Waals surface area contributed by atoms with E-state index in [1.54, 1.807) is 30.7 Å². The van der Waals surface area contributed by atoms with Crippen molar-refractivity contribution in [2.45, 2.75) is 28.7 Å². The largest absolute Gasteiger partial charge is 0.497 e. The highest BCUT2D eigenvalue weighted by Crippen LogP contribution is 2.29. The average molecular weight is 496 g/mol. The summed E-state index contributed by atoms with van der Waals surface area (Å²) in [5.74, 6) is 1.18. The summed E-state index contributed by atoms with van der Waals surface area (Å²) in [6, 6.07) is 13.1. The van der Waals surface area contributed by atoms with Gasteiger partial charge < -0.3 is 10.1 Å². The molecule has 0 aliphatic heterocycles.